The Morgan fingerprint density at radius 3 is 2.94 bits per heavy atom. The summed E-state index contributed by atoms with van der Waals surface area (Å²) in [5.74, 6) is 0.850. The fourth-order valence-electron chi connectivity index (χ4n) is 2.60. The summed E-state index contributed by atoms with van der Waals surface area (Å²) in [6, 6.07) is 5.02. The molecule has 2 heteroatoms. The lowest BCUT2D eigenvalue weighted by Crippen LogP contribution is -2.27. The maximum Gasteiger partial charge on any atom is 0.0443 e. The zero-order chi connectivity index (χ0) is 11.2. The van der Waals surface area contributed by atoms with E-state index in [4.69, 9.17) is 0 Å². The molecule has 1 aliphatic rings. The van der Waals surface area contributed by atoms with E-state index in [-0.39, 0.29) is 0 Å². The van der Waals surface area contributed by atoms with Crippen molar-refractivity contribution in [1.82, 2.24) is 5.32 Å². The van der Waals surface area contributed by atoms with Crippen molar-refractivity contribution in [3.05, 3.63) is 35.0 Å². The Morgan fingerprint density at radius 2 is 2.31 bits per heavy atom. The second-order valence-corrected chi connectivity index (χ2v) is 5.55. The van der Waals surface area contributed by atoms with E-state index >= 15 is 0 Å². The van der Waals surface area contributed by atoms with Crippen molar-refractivity contribution in [3.8, 4) is 0 Å². The van der Waals surface area contributed by atoms with Crippen LogP contribution in [-0.2, 0) is 0 Å². The molecule has 1 N–H and O–H groups in total. The molecule has 1 heterocycles. The summed E-state index contributed by atoms with van der Waals surface area (Å²) < 4.78 is 0. The van der Waals surface area contributed by atoms with E-state index in [2.05, 4.69) is 29.4 Å². The van der Waals surface area contributed by atoms with Gasteiger partial charge in [0.15, 0.2) is 0 Å². The van der Waals surface area contributed by atoms with Crippen LogP contribution >= 0.6 is 11.3 Å². The molecular weight excluding hydrogens is 214 g/mol. The van der Waals surface area contributed by atoms with Gasteiger partial charge in [0.05, 0.1) is 0 Å². The molecule has 0 radical (unpaired) electrons. The van der Waals surface area contributed by atoms with Gasteiger partial charge >= 0.3 is 0 Å². The largest absolute Gasteiger partial charge is 0.309 e. The number of hydrogen-bond donors (Lipinski definition) is 1. The number of nitrogens with one attached hydrogen (secondary N) is 1. The van der Waals surface area contributed by atoms with Gasteiger partial charge in [0, 0.05) is 10.9 Å². The molecule has 1 atom stereocenters. The summed E-state index contributed by atoms with van der Waals surface area (Å²) in [5.41, 5.74) is 0. The fraction of sp³-hybridized carbons (Fsp3) is 0.571. The lowest BCUT2D eigenvalue weighted by molar-refractivity contribution is 0.375. The van der Waals surface area contributed by atoms with Gasteiger partial charge in [-0.1, -0.05) is 25.0 Å². The average molecular weight is 235 g/mol. The summed E-state index contributed by atoms with van der Waals surface area (Å²) >= 11 is 1.89. The Balaban J connectivity index is 1.97. The quantitative estimate of drug-likeness (QED) is 0.577. The second-order valence-electron chi connectivity index (χ2n) is 4.57. The summed E-state index contributed by atoms with van der Waals surface area (Å²) in [4.78, 5) is 1.51. The Kier molecular flexibility index (Phi) is 4.61. The summed E-state index contributed by atoms with van der Waals surface area (Å²) in [6.45, 7) is 4.84. The van der Waals surface area contributed by atoms with Gasteiger partial charge < -0.3 is 5.32 Å². The number of thiophene rings is 1. The molecule has 1 nitrogen and oxygen atoms in total. The average Bonchev–Trinajstić information content (AvgIpc) is 2.97. The third kappa shape index (κ3) is 2.96. The van der Waals surface area contributed by atoms with Crippen LogP contribution in [0.4, 0.5) is 0 Å². The highest BCUT2D eigenvalue weighted by molar-refractivity contribution is 7.10. The first-order valence-corrected chi connectivity index (χ1v) is 7.17. The van der Waals surface area contributed by atoms with Crippen molar-refractivity contribution in [2.45, 2.75) is 38.1 Å². The summed E-state index contributed by atoms with van der Waals surface area (Å²) in [7, 11) is 0. The van der Waals surface area contributed by atoms with Gasteiger partial charge in [0.2, 0.25) is 0 Å². The Morgan fingerprint density at radius 1 is 1.50 bits per heavy atom. The summed E-state index contributed by atoms with van der Waals surface area (Å²) in [5, 5.41) is 5.89. The monoisotopic (exact) mass is 235 g/mol. The van der Waals surface area contributed by atoms with Crippen LogP contribution in [-0.4, -0.2) is 6.54 Å². The van der Waals surface area contributed by atoms with E-state index in [1.54, 1.807) is 0 Å². The van der Waals surface area contributed by atoms with Gasteiger partial charge in [0.25, 0.3) is 0 Å². The van der Waals surface area contributed by atoms with Crippen LogP contribution in [0.5, 0.6) is 0 Å². The Hall–Kier alpha value is -0.600. The van der Waals surface area contributed by atoms with Crippen LogP contribution < -0.4 is 5.32 Å². The van der Waals surface area contributed by atoms with Gasteiger partial charge in [-0.05, 0) is 43.2 Å². The molecule has 16 heavy (non-hydrogen) atoms. The minimum Gasteiger partial charge on any atom is -0.309 e. The lowest BCUT2D eigenvalue weighted by Gasteiger charge is -2.23. The van der Waals surface area contributed by atoms with E-state index in [0.29, 0.717) is 6.04 Å². The third-order valence-electron chi connectivity index (χ3n) is 3.43. The molecule has 2 rings (SSSR count). The SMILES string of the molecule is C=CCCNC(c1cccs1)C1CCCC1. The van der Waals surface area contributed by atoms with Crippen LogP contribution in [0.1, 0.15) is 43.0 Å². The van der Waals surface area contributed by atoms with Crippen LogP contribution in [0.15, 0.2) is 30.2 Å². The first kappa shape index (κ1) is 11.9. The van der Waals surface area contributed by atoms with Crippen molar-refractivity contribution in [1.29, 1.82) is 0 Å². The first-order chi connectivity index (χ1) is 7.92. The summed E-state index contributed by atoms with van der Waals surface area (Å²) in [6.07, 6.45) is 8.67. The molecule has 1 unspecified atom stereocenters. The molecule has 88 valence electrons. The highest BCUT2D eigenvalue weighted by Crippen LogP contribution is 2.37. The van der Waals surface area contributed by atoms with Crippen molar-refractivity contribution >= 4 is 11.3 Å². The molecule has 1 aromatic heterocycles. The zero-order valence-corrected chi connectivity index (χ0v) is 10.6. The fourth-order valence-corrected chi connectivity index (χ4v) is 3.49. The van der Waals surface area contributed by atoms with Crippen LogP contribution in [0.2, 0.25) is 0 Å². The second kappa shape index (κ2) is 6.21. The third-order valence-corrected chi connectivity index (χ3v) is 4.39. The van der Waals surface area contributed by atoms with Crippen molar-refractivity contribution in [2.75, 3.05) is 6.54 Å². The van der Waals surface area contributed by atoms with Crippen molar-refractivity contribution < 1.29 is 0 Å². The topological polar surface area (TPSA) is 12.0 Å². The number of hydrogen-bond acceptors (Lipinski definition) is 2. The molecule has 0 saturated heterocycles. The van der Waals surface area contributed by atoms with Crippen LogP contribution in [0.3, 0.4) is 0 Å². The van der Waals surface area contributed by atoms with E-state index in [9.17, 15) is 0 Å². The predicted octanol–water partition coefficient (Wildman–Crippen LogP) is 4.15. The maximum atomic E-state index is 3.78. The molecule has 0 amide bonds. The van der Waals surface area contributed by atoms with E-state index in [1.807, 2.05) is 17.4 Å². The van der Waals surface area contributed by atoms with Gasteiger partial charge in [-0.25, -0.2) is 0 Å². The van der Waals surface area contributed by atoms with E-state index in [1.165, 1.54) is 30.6 Å². The standard InChI is InChI=1S/C14H21NS/c1-2-3-10-15-14(12-7-4-5-8-12)13-9-6-11-16-13/h2,6,9,11-12,14-15H,1,3-5,7-8,10H2. The molecule has 0 bridgehead atoms. The zero-order valence-electron chi connectivity index (χ0n) is 9.82. The van der Waals surface area contributed by atoms with Gasteiger partial charge in [0.1, 0.15) is 0 Å². The highest BCUT2D eigenvalue weighted by atomic mass is 32.1. The molecule has 0 aliphatic heterocycles. The smallest absolute Gasteiger partial charge is 0.0443 e. The van der Waals surface area contributed by atoms with Crippen LogP contribution in [0.25, 0.3) is 0 Å². The molecule has 0 spiro atoms. The van der Waals surface area contributed by atoms with E-state index in [0.717, 1.165) is 18.9 Å². The maximum absolute atomic E-state index is 3.78. The number of rotatable bonds is 6. The minimum atomic E-state index is 0.586. The van der Waals surface area contributed by atoms with Crippen molar-refractivity contribution in [3.63, 3.8) is 0 Å². The predicted molar refractivity (Wildman–Crippen MR) is 71.8 cm³/mol. The van der Waals surface area contributed by atoms with Gasteiger partial charge in [-0.3, -0.25) is 0 Å². The normalized spacial score (nSPS) is 18.8. The molecule has 1 aliphatic carbocycles. The Bertz CT molecular complexity index is 299. The lowest BCUT2D eigenvalue weighted by atomic mass is 9.96. The van der Waals surface area contributed by atoms with E-state index < -0.39 is 0 Å². The van der Waals surface area contributed by atoms with Gasteiger partial charge in [-0.2, -0.15) is 0 Å². The molecule has 1 fully saturated rings. The Labute approximate surface area is 103 Å². The van der Waals surface area contributed by atoms with Gasteiger partial charge in [-0.15, -0.1) is 17.9 Å². The molecule has 1 saturated carbocycles. The highest BCUT2D eigenvalue weighted by Gasteiger charge is 2.26. The minimum absolute atomic E-state index is 0.586. The van der Waals surface area contributed by atoms with Crippen LogP contribution in [0, 0.1) is 5.92 Å². The molecule has 1 aromatic rings. The van der Waals surface area contributed by atoms with Crippen molar-refractivity contribution in [2.24, 2.45) is 5.92 Å². The first-order valence-electron chi connectivity index (χ1n) is 6.29. The molecule has 0 aromatic carbocycles. The molecular formula is C14H21NS.